The van der Waals surface area contributed by atoms with E-state index in [1.165, 1.54) is 6.26 Å². The van der Waals surface area contributed by atoms with Gasteiger partial charge >= 0.3 is 6.03 Å². The van der Waals surface area contributed by atoms with Gasteiger partial charge in [-0.15, -0.1) is 0 Å². The van der Waals surface area contributed by atoms with E-state index in [0.717, 1.165) is 11.1 Å². The molecule has 23 heavy (non-hydrogen) atoms. The van der Waals surface area contributed by atoms with E-state index >= 15 is 0 Å². The molecular weight excluding hydrogens is 288 g/mol. The molecule has 0 fully saturated rings. The zero-order chi connectivity index (χ0) is 15.9. The van der Waals surface area contributed by atoms with Gasteiger partial charge in [0.15, 0.2) is 0 Å². The van der Waals surface area contributed by atoms with Crippen LogP contribution in [0.2, 0.25) is 0 Å². The second-order valence-electron chi connectivity index (χ2n) is 5.23. The Hall–Kier alpha value is -3.01. The number of carbonyl (C=O) groups excluding carboxylic acids is 1. The van der Waals surface area contributed by atoms with Gasteiger partial charge in [0.1, 0.15) is 0 Å². The van der Waals surface area contributed by atoms with Crippen LogP contribution in [0.1, 0.15) is 11.1 Å². The maximum Gasteiger partial charge on any atom is 0.324 e. The first kappa shape index (κ1) is 14.9. The van der Waals surface area contributed by atoms with Crippen LogP contribution < -0.4 is 5.32 Å². The van der Waals surface area contributed by atoms with Gasteiger partial charge in [-0.3, -0.25) is 5.32 Å². The molecule has 1 aromatic heterocycles. The van der Waals surface area contributed by atoms with Crippen LogP contribution in [-0.4, -0.2) is 10.9 Å². The number of anilines is 1. The van der Waals surface area contributed by atoms with Gasteiger partial charge < -0.3 is 9.32 Å². The number of hydrogen-bond acceptors (Lipinski definition) is 2. The molecule has 4 heteroatoms. The molecule has 0 radical (unpaired) electrons. The Morgan fingerprint density at radius 2 is 1.39 bits per heavy atom. The summed E-state index contributed by atoms with van der Waals surface area (Å²) in [6.07, 6.45) is 1.54. The third-order valence-corrected chi connectivity index (χ3v) is 3.47. The van der Waals surface area contributed by atoms with Crippen molar-refractivity contribution in [2.75, 3.05) is 5.32 Å². The lowest BCUT2D eigenvalue weighted by Crippen LogP contribution is -2.33. The van der Waals surface area contributed by atoms with E-state index in [2.05, 4.69) is 5.32 Å². The number of rotatable bonds is 5. The summed E-state index contributed by atoms with van der Waals surface area (Å²) < 4.78 is 5.20. The molecule has 0 bridgehead atoms. The summed E-state index contributed by atoms with van der Waals surface area (Å²) >= 11 is 0. The normalized spacial score (nSPS) is 10.3. The van der Waals surface area contributed by atoms with Crippen molar-refractivity contribution in [3.05, 3.63) is 90.2 Å². The maximum atomic E-state index is 12.6. The number of amides is 2. The van der Waals surface area contributed by atoms with Crippen molar-refractivity contribution in [3.63, 3.8) is 0 Å². The minimum absolute atomic E-state index is 0.187. The maximum absolute atomic E-state index is 12.6. The molecular formula is C19H18N2O2. The largest absolute Gasteiger partial charge is 0.449 e. The topological polar surface area (TPSA) is 45.5 Å². The molecule has 3 aromatic rings. The molecule has 3 rings (SSSR count). The molecule has 0 unspecified atom stereocenters. The molecule has 2 aromatic carbocycles. The average molecular weight is 306 g/mol. The number of nitrogens with one attached hydrogen (secondary N) is 1. The number of hydrogen-bond donors (Lipinski definition) is 1. The molecule has 1 N–H and O–H groups in total. The zero-order valence-corrected chi connectivity index (χ0v) is 12.7. The summed E-state index contributed by atoms with van der Waals surface area (Å²) in [7, 11) is 0. The lowest BCUT2D eigenvalue weighted by atomic mass is 10.2. The highest BCUT2D eigenvalue weighted by atomic mass is 16.3. The Bertz CT molecular complexity index is 683. The zero-order valence-electron chi connectivity index (χ0n) is 12.7. The minimum Gasteiger partial charge on any atom is -0.449 e. The van der Waals surface area contributed by atoms with Crippen molar-refractivity contribution in [2.45, 2.75) is 13.1 Å². The van der Waals surface area contributed by atoms with E-state index < -0.39 is 0 Å². The van der Waals surface area contributed by atoms with Crippen LogP contribution in [0.25, 0.3) is 0 Å². The number of furan rings is 1. The first-order valence-electron chi connectivity index (χ1n) is 7.48. The summed E-state index contributed by atoms with van der Waals surface area (Å²) in [6.45, 7) is 1.06. The van der Waals surface area contributed by atoms with E-state index in [-0.39, 0.29) is 6.03 Å². The van der Waals surface area contributed by atoms with Gasteiger partial charge in [-0.2, -0.15) is 0 Å². The van der Waals surface area contributed by atoms with Crippen molar-refractivity contribution in [2.24, 2.45) is 0 Å². The Balaban J connectivity index is 1.76. The van der Waals surface area contributed by atoms with E-state index in [0.29, 0.717) is 19.0 Å². The lowest BCUT2D eigenvalue weighted by Gasteiger charge is -2.23. The first-order valence-corrected chi connectivity index (χ1v) is 7.48. The molecule has 0 atom stereocenters. The first-order chi connectivity index (χ1) is 11.3. The molecule has 0 aliphatic rings. The van der Waals surface area contributed by atoms with E-state index in [9.17, 15) is 4.79 Å². The van der Waals surface area contributed by atoms with Gasteiger partial charge in [-0.1, -0.05) is 60.7 Å². The van der Waals surface area contributed by atoms with Gasteiger partial charge in [0.2, 0.25) is 5.88 Å². The van der Waals surface area contributed by atoms with Gasteiger partial charge in [-0.25, -0.2) is 4.79 Å². The fourth-order valence-corrected chi connectivity index (χ4v) is 2.34. The monoisotopic (exact) mass is 306 g/mol. The summed E-state index contributed by atoms with van der Waals surface area (Å²) in [6, 6.07) is 23.2. The van der Waals surface area contributed by atoms with Crippen LogP contribution in [0.3, 0.4) is 0 Å². The van der Waals surface area contributed by atoms with Crippen molar-refractivity contribution in [1.29, 1.82) is 0 Å². The Morgan fingerprint density at radius 3 is 1.87 bits per heavy atom. The van der Waals surface area contributed by atoms with Crippen molar-refractivity contribution >= 4 is 11.9 Å². The number of urea groups is 1. The molecule has 0 saturated heterocycles. The summed E-state index contributed by atoms with van der Waals surface area (Å²) in [5.41, 5.74) is 2.16. The van der Waals surface area contributed by atoms with Gasteiger partial charge in [0.25, 0.3) is 0 Å². The minimum atomic E-state index is -0.187. The van der Waals surface area contributed by atoms with Gasteiger partial charge in [0.05, 0.1) is 6.26 Å². The SMILES string of the molecule is O=C(Nc1ccco1)N(Cc1ccccc1)Cc1ccccc1. The van der Waals surface area contributed by atoms with Crippen molar-refractivity contribution in [1.82, 2.24) is 4.90 Å². The van der Waals surface area contributed by atoms with E-state index in [1.807, 2.05) is 60.7 Å². The van der Waals surface area contributed by atoms with Crippen LogP contribution >= 0.6 is 0 Å². The van der Waals surface area contributed by atoms with E-state index in [4.69, 9.17) is 4.42 Å². The van der Waals surface area contributed by atoms with Crippen LogP contribution in [0.5, 0.6) is 0 Å². The standard InChI is InChI=1S/C19H18N2O2/c22-19(20-18-12-7-13-23-18)21(14-16-8-3-1-4-9-16)15-17-10-5-2-6-11-17/h1-13H,14-15H2,(H,20,22). The fourth-order valence-electron chi connectivity index (χ4n) is 2.34. The molecule has 0 spiro atoms. The third kappa shape index (κ3) is 4.23. The van der Waals surface area contributed by atoms with Gasteiger partial charge in [0, 0.05) is 19.2 Å². The molecule has 2 amide bonds. The lowest BCUT2D eigenvalue weighted by molar-refractivity contribution is 0.206. The predicted molar refractivity (Wildman–Crippen MR) is 89.9 cm³/mol. The molecule has 0 aliphatic heterocycles. The van der Waals surface area contributed by atoms with Crippen molar-refractivity contribution < 1.29 is 9.21 Å². The summed E-state index contributed by atoms with van der Waals surface area (Å²) in [5, 5.41) is 2.78. The van der Waals surface area contributed by atoms with Crippen LogP contribution in [0, 0.1) is 0 Å². The average Bonchev–Trinajstić information content (AvgIpc) is 3.09. The van der Waals surface area contributed by atoms with Gasteiger partial charge in [-0.05, 0) is 17.2 Å². The second kappa shape index (κ2) is 7.31. The quantitative estimate of drug-likeness (QED) is 0.753. The summed E-state index contributed by atoms with van der Waals surface area (Å²) in [4.78, 5) is 14.3. The number of carbonyl (C=O) groups is 1. The van der Waals surface area contributed by atoms with E-state index in [1.54, 1.807) is 17.0 Å². The van der Waals surface area contributed by atoms with Crippen LogP contribution in [0.15, 0.2) is 83.5 Å². The Morgan fingerprint density at radius 1 is 0.826 bits per heavy atom. The number of benzene rings is 2. The van der Waals surface area contributed by atoms with Crippen LogP contribution in [-0.2, 0) is 13.1 Å². The molecule has 1 heterocycles. The fraction of sp³-hybridized carbons (Fsp3) is 0.105. The van der Waals surface area contributed by atoms with Crippen molar-refractivity contribution in [3.8, 4) is 0 Å². The predicted octanol–water partition coefficient (Wildman–Crippen LogP) is 4.51. The smallest absolute Gasteiger partial charge is 0.324 e. The second-order valence-corrected chi connectivity index (χ2v) is 5.23. The summed E-state index contributed by atoms with van der Waals surface area (Å²) in [5.74, 6) is 0.445. The van der Waals surface area contributed by atoms with Crippen LogP contribution in [0.4, 0.5) is 10.7 Å². The number of nitrogens with zero attached hydrogens (tertiary/aromatic N) is 1. The Labute approximate surface area is 135 Å². The molecule has 4 nitrogen and oxygen atoms in total. The highest BCUT2D eigenvalue weighted by molar-refractivity contribution is 5.87. The highest BCUT2D eigenvalue weighted by Gasteiger charge is 2.15. The third-order valence-electron chi connectivity index (χ3n) is 3.47. The Kier molecular flexibility index (Phi) is 4.74. The molecule has 0 aliphatic carbocycles. The molecule has 0 saturated carbocycles. The molecule has 116 valence electrons. The highest BCUT2D eigenvalue weighted by Crippen LogP contribution is 2.13.